The maximum Gasteiger partial charge on any atom is 0.330 e. The number of carbonyl (C=O) groups excluding carboxylic acids is 1. The van der Waals surface area contributed by atoms with Gasteiger partial charge in [-0.3, -0.25) is 0 Å². The van der Waals surface area contributed by atoms with E-state index in [1.54, 1.807) is 0 Å². The zero-order valence-electron chi connectivity index (χ0n) is 8.86. The van der Waals surface area contributed by atoms with E-state index in [2.05, 4.69) is 4.74 Å². The Labute approximate surface area is 88.9 Å². The number of esters is 1. The molecule has 1 N–H and O–H groups in total. The minimum atomic E-state index is -0.924. The lowest BCUT2D eigenvalue weighted by atomic mass is 9.79. The molecule has 0 aromatic heterocycles. The number of rotatable bonds is 1. The number of methoxy groups -OCH3 is 1. The molecule has 0 spiro atoms. The van der Waals surface area contributed by atoms with Crippen LogP contribution in [-0.2, 0) is 14.3 Å². The van der Waals surface area contributed by atoms with Crippen molar-refractivity contribution in [2.45, 2.75) is 37.4 Å². The van der Waals surface area contributed by atoms with Crippen LogP contribution in [0.3, 0.4) is 0 Å². The third kappa shape index (κ3) is 1.79. The second kappa shape index (κ2) is 3.94. The fraction of sp³-hybridized carbons (Fsp3) is 0.727. The molecule has 2 rings (SSSR count). The van der Waals surface area contributed by atoms with Gasteiger partial charge in [0, 0.05) is 6.08 Å². The fourth-order valence-corrected chi connectivity index (χ4v) is 2.40. The molecule has 1 aliphatic heterocycles. The topological polar surface area (TPSA) is 55.8 Å². The van der Waals surface area contributed by atoms with Crippen molar-refractivity contribution < 1.29 is 19.4 Å². The van der Waals surface area contributed by atoms with E-state index in [0.29, 0.717) is 18.6 Å². The van der Waals surface area contributed by atoms with Crippen molar-refractivity contribution in [3.8, 4) is 0 Å². The Kier molecular flexibility index (Phi) is 2.80. The average molecular weight is 212 g/mol. The third-order valence-corrected chi connectivity index (χ3v) is 3.30. The first kappa shape index (κ1) is 10.6. The van der Waals surface area contributed by atoms with Crippen LogP contribution in [-0.4, -0.2) is 36.5 Å². The van der Waals surface area contributed by atoms with Crippen LogP contribution < -0.4 is 0 Å². The van der Waals surface area contributed by atoms with Crippen LogP contribution in [0.1, 0.15) is 25.7 Å². The summed E-state index contributed by atoms with van der Waals surface area (Å²) in [6.45, 7) is 0.344. The maximum absolute atomic E-state index is 11.1. The summed E-state index contributed by atoms with van der Waals surface area (Å²) >= 11 is 0. The quantitative estimate of drug-likeness (QED) is 0.515. The van der Waals surface area contributed by atoms with Crippen LogP contribution in [0.5, 0.6) is 0 Å². The maximum atomic E-state index is 11.1. The highest BCUT2D eigenvalue weighted by molar-refractivity contribution is 5.83. The first-order chi connectivity index (χ1) is 7.16. The van der Waals surface area contributed by atoms with Crippen molar-refractivity contribution in [3.05, 3.63) is 11.6 Å². The van der Waals surface area contributed by atoms with E-state index < -0.39 is 11.6 Å². The summed E-state index contributed by atoms with van der Waals surface area (Å²) in [5, 5.41) is 10.4. The Morgan fingerprint density at radius 2 is 2.47 bits per heavy atom. The van der Waals surface area contributed by atoms with Gasteiger partial charge in [-0.05, 0) is 18.4 Å². The van der Waals surface area contributed by atoms with E-state index in [1.807, 2.05) is 0 Å². The van der Waals surface area contributed by atoms with Gasteiger partial charge in [0.2, 0.25) is 0 Å². The molecular formula is C11H16O4. The van der Waals surface area contributed by atoms with Crippen molar-refractivity contribution in [1.82, 2.24) is 0 Å². The van der Waals surface area contributed by atoms with E-state index >= 15 is 0 Å². The Morgan fingerprint density at radius 1 is 1.67 bits per heavy atom. The highest BCUT2D eigenvalue weighted by atomic mass is 16.5. The monoisotopic (exact) mass is 212 g/mol. The van der Waals surface area contributed by atoms with Crippen LogP contribution in [0.25, 0.3) is 0 Å². The second-order valence-corrected chi connectivity index (χ2v) is 4.16. The van der Waals surface area contributed by atoms with Gasteiger partial charge in [0.15, 0.2) is 0 Å². The lowest BCUT2D eigenvalue weighted by Crippen LogP contribution is -2.42. The highest BCUT2D eigenvalue weighted by Gasteiger charge is 2.47. The minimum absolute atomic E-state index is 0.137. The Hall–Kier alpha value is -0.870. The molecule has 0 amide bonds. The summed E-state index contributed by atoms with van der Waals surface area (Å²) in [5.41, 5.74) is -0.258. The Bertz CT molecular complexity index is 297. The molecule has 0 unspecified atom stereocenters. The molecule has 4 nitrogen and oxygen atoms in total. The first-order valence-corrected chi connectivity index (χ1v) is 5.30. The van der Waals surface area contributed by atoms with Gasteiger partial charge in [-0.25, -0.2) is 4.79 Å². The average Bonchev–Trinajstić information content (AvgIpc) is 2.56. The van der Waals surface area contributed by atoms with Crippen molar-refractivity contribution in [2.75, 3.05) is 13.7 Å². The highest BCUT2D eigenvalue weighted by Crippen LogP contribution is 2.41. The van der Waals surface area contributed by atoms with Crippen LogP contribution >= 0.6 is 0 Å². The predicted molar refractivity (Wildman–Crippen MR) is 53.3 cm³/mol. The largest absolute Gasteiger partial charge is 0.466 e. The van der Waals surface area contributed by atoms with E-state index in [0.717, 1.165) is 19.3 Å². The minimum Gasteiger partial charge on any atom is -0.466 e. The van der Waals surface area contributed by atoms with Crippen molar-refractivity contribution in [2.24, 2.45) is 0 Å². The number of aliphatic hydroxyl groups is 1. The molecule has 1 saturated carbocycles. The van der Waals surface area contributed by atoms with Crippen LogP contribution in [0.4, 0.5) is 0 Å². The van der Waals surface area contributed by atoms with E-state index in [4.69, 9.17) is 4.74 Å². The Morgan fingerprint density at radius 3 is 3.20 bits per heavy atom. The van der Waals surface area contributed by atoms with Gasteiger partial charge in [-0.15, -0.1) is 0 Å². The summed E-state index contributed by atoms with van der Waals surface area (Å²) in [5.74, 6) is -0.423. The van der Waals surface area contributed by atoms with Crippen molar-refractivity contribution in [1.29, 1.82) is 0 Å². The number of hydrogen-bond acceptors (Lipinski definition) is 4. The third-order valence-electron chi connectivity index (χ3n) is 3.30. The zero-order chi connectivity index (χ0) is 10.9. The lowest BCUT2D eigenvalue weighted by Gasteiger charge is -2.33. The molecule has 1 saturated heterocycles. The van der Waals surface area contributed by atoms with Crippen molar-refractivity contribution in [3.63, 3.8) is 0 Å². The van der Waals surface area contributed by atoms with Gasteiger partial charge in [0.05, 0.1) is 19.8 Å². The van der Waals surface area contributed by atoms with E-state index in [1.165, 1.54) is 13.2 Å². The number of hydrogen-bond donors (Lipinski definition) is 1. The fourth-order valence-electron chi connectivity index (χ4n) is 2.40. The zero-order valence-corrected chi connectivity index (χ0v) is 8.86. The molecule has 1 heterocycles. The number of ether oxygens (including phenoxy) is 2. The number of fused-ring (bicyclic) bond motifs is 1. The summed E-state index contributed by atoms with van der Waals surface area (Å²) in [7, 11) is 1.33. The molecule has 2 atom stereocenters. The molecular weight excluding hydrogens is 196 g/mol. The van der Waals surface area contributed by atoms with Crippen LogP contribution in [0, 0.1) is 0 Å². The van der Waals surface area contributed by atoms with Crippen LogP contribution in [0.15, 0.2) is 11.6 Å². The van der Waals surface area contributed by atoms with Gasteiger partial charge >= 0.3 is 5.97 Å². The normalized spacial score (nSPS) is 37.7. The summed E-state index contributed by atoms with van der Waals surface area (Å²) in [6.07, 6.45) is 4.84. The molecule has 2 aliphatic rings. The molecule has 2 fully saturated rings. The molecule has 4 heteroatoms. The summed E-state index contributed by atoms with van der Waals surface area (Å²) < 4.78 is 10.0. The molecule has 0 radical (unpaired) electrons. The molecule has 0 aromatic carbocycles. The van der Waals surface area contributed by atoms with E-state index in [9.17, 15) is 9.90 Å². The molecule has 84 valence electrons. The van der Waals surface area contributed by atoms with Crippen LogP contribution in [0.2, 0.25) is 0 Å². The molecule has 0 aromatic rings. The predicted octanol–water partition coefficient (Wildman–Crippen LogP) is 0.790. The van der Waals surface area contributed by atoms with Crippen molar-refractivity contribution >= 4 is 5.97 Å². The molecule has 0 bridgehead atoms. The van der Waals surface area contributed by atoms with E-state index in [-0.39, 0.29) is 6.10 Å². The van der Waals surface area contributed by atoms with Gasteiger partial charge in [0.1, 0.15) is 5.60 Å². The molecule has 15 heavy (non-hydrogen) atoms. The molecule has 1 aliphatic carbocycles. The number of carbonyl (C=O) groups is 1. The second-order valence-electron chi connectivity index (χ2n) is 4.16. The smallest absolute Gasteiger partial charge is 0.330 e. The van der Waals surface area contributed by atoms with Gasteiger partial charge in [0.25, 0.3) is 0 Å². The Balaban J connectivity index is 2.20. The lowest BCUT2D eigenvalue weighted by molar-refractivity contribution is -0.135. The first-order valence-electron chi connectivity index (χ1n) is 5.30. The summed E-state index contributed by atoms with van der Waals surface area (Å²) in [4.78, 5) is 11.1. The van der Waals surface area contributed by atoms with Gasteiger partial charge in [-0.2, -0.15) is 0 Å². The van der Waals surface area contributed by atoms with Gasteiger partial charge in [-0.1, -0.05) is 12.8 Å². The standard InChI is InChI=1S/C11H16O4/c1-14-10(12)6-8-7-15-9-4-2-3-5-11(8,9)13/h6,9,13H,2-5,7H2,1H3/b8-6+/t9-,11+/m1/s1. The summed E-state index contributed by atoms with van der Waals surface area (Å²) in [6, 6.07) is 0. The SMILES string of the molecule is COC(=O)/C=C1\CO[C@@H]2CCCC[C@]12O. The van der Waals surface area contributed by atoms with Gasteiger partial charge < -0.3 is 14.6 Å².